The zero-order valence-corrected chi connectivity index (χ0v) is 16.7. The van der Waals surface area contributed by atoms with Crippen LogP contribution in [0.5, 0.6) is 0 Å². The fraction of sp³-hybridized carbons (Fsp3) is 0.333. The largest absolute Gasteiger partial charge is 0.336 e. The molecule has 2 aromatic rings. The minimum Gasteiger partial charge on any atom is -0.336 e. The van der Waals surface area contributed by atoms with Crippen molar-refractivity contribution >= 4 is 29.3 Å². The Morgan fingerprint density at radius 3 is 2.25 bits per heavy atom. The SMILES string of the molecule is CSCc1ccc(C(=O)N2CCN(CC(=O)Nc3ccc(F)cc3)CC2)cc1. The number of nitrogens with zero attached hydrogens (tertiary/aromatic N) is 2. The van der Waals surface area contributed by atoms with Crippen LogP contribution in [0.4, 0.5) is 10.1 Å². The number of amides is 2. The van der Waals surface area contributed by atoms with Crippen molar-refractivity contribution in [2.24, 2.45) is 0 Å². The molecule has 0 atom stereocenters. The highest BCUT2D eigenvalue weighted by molar-refractivity contribution is 7.97. The van der Waals surface area contributed by atoms with Gasteiger partial charge in [-0.1, -0.05) is 12.1 Å². The van der Waals surface area contributed by atoms with E-state index >= 15 is 0 Å². The maximum Gasteiger partial charge on any atom is 0.253 e. The Morgan fingerprint density at radius 1 is 1.00 bits per heavy atom. The van der Waals surface area contributed by atoms with Crippen molar-refractivity contribution in [1.82, 2.24) is 9.80 Å². The average molecular weight is 402 g/mol. The number of nitrogens with one attached hydrogen (secondary N) is 1. The molecule has 2 amide bonds. The van der Waals surface area contributed by atoms with E-state index in [0.29, 0.717) is 37.4 Å². The van der Waals surface area contributed by atoms with Crippen molar-refractivity contribution in [1.29, 1.82) is 0 Å². The van der Waals surface area contributed by atoms with E-state index in [1.54, 1.807) is 11.8 Å². The number of carbonyl (C=O) groups excluding carboxylic acids is 2. The van der Waals surface area contributed by atoms with Gasteiger partial charge in [-0.2, -0.15) is 11.8 Å². The van der Waals surface area contributed by atoms with E-state index in [2.05, 4.69) is 11.6 Å². The summed E-state index contributed by atoms with van der Waals surface area (Å²) in [5, 5.41) is 2.76. The van der Waals surface area contributed by atoms with Gasteiger partial charge in [-0.3, -0.25) is 14.5 Å². The van der Waals surface area contributed by atoms with Gasteiger partial charge in [0.2, 0.25) is 5.91 Å². The summed E-state index contributed by atoms with van der Waals surface area (Å²) in [6.07, 6.45) is 2.05. The summed E-state index contributed by atoms with van der Waals surface area (Å²) in [6.45, 7) is 2.73. The Labute approximate surface area is 168 Å². The highest BCUT2D eigenvalue weighted by atomic mass is 32.2. The van der Waals surface area contributed by atoms with Crippen LogP contribution in [0.1, 0.15) is 15.9 Å². The lowest BCUT2D eigenvalue weighted by Gasteiger charge is -2.34. The highest BCUT2D eigenvalue weighted by Gasteiger charge is 2.23. The minimum absolute atomic E-state index is 0.0334. The van der Waals surface area contributed by atoms with Gasteiger partial charge in [-0.15, -0.1) is 0 Å². The number of anilines is 1. The molecule has 148 valence electrons. The van der Waals surface area contributed by atoms with Gasteiger partial charge in [0.25, 0.3) is 5.91 Å². The van der Waals surface area contributed by atoms with Gasteiger partial charge in [-0.05, 0) is 48.2 Å². The number of hydrogen-bond donors (Lipinski definition) is 1. The van der Waals surface area contributed by atoms with E-state index in [4.69, 9.17) is 0 Å². The van der Waals surface area contributed by atoms with E-state index in [1.807, 2.05) is 34.1 Å². The van der Waals surface area contributed by atoms with Gasteiger partial charge in [0.05, 0.1) is 6.54 Å². The molecular weight excluding hydrogens is 377 g/mol. The molecule has 0 saturated carbocycles. The van der Waals surface area contributed by atoms with E-state index < -0.39 is 0 Å². The third-order valence-corrected chi connectivity index (χ3v) is 5.29. The normalized spacial score (nSPS) is 14.7. The van der Waals surface area contributed by atoms with E-state index in [0.717, 1.165) is 5.75 Å². The molecule has 0 aromatic heterocycles. The van der Waals surface area contributed by atoms with E-state index in [-0.39, 0.29) is 24.2 Å². The lowest BCUT2D eigenvalue weighted by atomic mass is 10.1. The molecule has 1 N–H and O–H groups in total. The first-order valence-electron chi connectivity index (χ1n) is 9.20. The van der Waals surface area contributed by atoms with Crippen LogP contribution in [0, 0.1) is 5.82 Å². The molecule has 7 heteroatoms. The maximum atomic E-state index is 12.9. The number of piperazine rings is 1. The van der Waals surface area contributed by atoms with Gasteiger partial charge >= 0.3 is 0 Å². The summed E-state index contributed by atoms with van der Waals surface area (Å²) < 4.78 is 12.9. The Balaban J connectivity index is 1.46. The van der Waals surface area contributed by atoms with E-state index in [9.17, 15) is 14.0 Å². The molecule has 3 rings (SSSR count). The predicted molar refractivity (Wildman–Crippen MR) is 111 cm³/mol. The van der Waals surface area contributed by atoms with Crippen LogP contribution < -0.4 is 5.32 Å². The molecule has 1 fully saturated rings. The minimum atomic E-state index is -0.335. The first kappa shape index (κ1) is 20.4. The fourth-order valence-electron chi connectivity index (χ4n) is 3.14. The number of hydrogen-bond acceptors (Lipinski definition) is 4. The fourth-order valence-corrected chi connectivity index (χ4v) is 3.66. The average Bonchev–Trinajstić information content (AvgIpc) is 2.71. The van der Waals surface area contributed by atoms with Gasteiger partial charge in [-0.25, -0.2) is 4.39 Å². The molecular formula is C21H24FN3O2S. The summed E-state index contributed by atoms with van der Waals surface area (Å²) in [5.41, 5.74) is 2.48. The van der Waals surface area contributed by atoms with Gasteiger partial charge in [0, 0.05) is 43.2 Å². The number of halogens is 1. The maximum absolute atomic E-state index is 12.9. The summed E-state index contributed by atoms with van der Waals surface area (Å²) >= 11 is 1.75. The Hall–Kier alpha value is -2.38. The van der Waals surface area contributed by atoms with Gasteiger partial charge < -0.3 is 10.2 Å². The van der Waals surface area contributed by atoms with Crippen molar-refractivity contribution in [2.45, 2.75) is 5.75 Å². The highest BCUT2D eigenvalue weighted by Crippen LogP contribution is 2.14. The molecule has 0 radical (unpaired) electrons. The number of thioether (sulfide) groups is 1. The quantitative estimate of drug-likeness (QED) is 0.808. The summed E-state index contributed by atoms with van der Waals surface area (Å²) in [6, 6.07) is 13.5. The van der Waals surface area contributed by atoms with Crippen LogP contribution in [0.15, 0.2) is 48.5 Å². The third kappa shape index (κ3) is 5.56. The number of benzene rings is 2. The van der Waals surface area contributed by atoms with Gasteiger partial charge in [0.15, 0.2) is 0 Å². The molecule has 28 heavy (non-hydrogen) atoms. The molecule has 0 bridgehead atoms. The monoisotopic (exact) mass is 401 g/mol. The zero-order chi connectivity index (χ0) is 19.9. The van der Waals surface area contributed by atoms with Crippen molar-refractivity contribution in [2.75, 3.05) is 44.3 Å². The number of carbonyl (C=O) groups is 2. The number of rotatable bonds is 6. The summed E-state index contributed by atoms with van der Waals surface area (Å²) in [4.78, 5) is 28.7. The molecule has 1 saturated heterocycles. The Bertz CT molecular complexity index is 803. The predicted octanol–water partition coefficient (Wildman–Crippen LogP) is 3.09. The van der Waals surface area contributed by atoms with Crippen molar-refractivity contribution in [3.8, 4) is 0 Å². The van der Waals surface area contributed by atoms with Crippen LogP contribution in [0.2, 0.25) is 0 Å². The summed E-state index contributed by atoms with van der Waals surface area (Å²) in [7, 11) is 0. The smallest absolute Gasteiger partial charge is 0.253 e. The lowest BCUT2D eigenvalue weighted by molar-refractivity contribution is -0.117. The third-order valence-electron chi connectivity index (χ3n) is 4.67. The molecule has 2 aromatic carbocycles. The second-order valence-corrected chi connectivity index (χ2v) is 7.62. The topological polar surface area (TPSA) is 52.7 Å². The zero-order valence-electron chi connectivity index (χ0n) is 15.9. The van der Waals surface area contributed by atoms with Crippen LogP contribution in [-0.2, 0) is 10.5 Å². The molecule has 0 aliphatic carbocycles. The van der Waals surface area contributed by atoms with Gasteiger partial charge in [0.1, 0.15) is 5.82 Å². The van der Waals surface area contributed by atoms with Crippen molar-refractivity contribution in [3.05, 3.63) is 65.5 Å². The first-order valence-corrected chi connectivity index (χ1v) is 10.6. The van der Waals surface area contributed by atoms with Crippen LogP contribution >= 0.6 is 11.8 Å². The summed E-state index contributed by atoms with van der Waals surface area (Å²) in [5.74, 6) is 0.493. The van der Waals surface area contributed by atoms with Crippen molar-refractivity contribution in [3.63, 3.8) is 0 Å². The molecule has 1 aliphatic rings. The molecule has 0 spiro atoms. The van der Waals surface area contributed by atoms with E-state index in [1.165, 1.54) is 29.8 Å². The Kier molecular flexibility index (Phi) is 7.06. The van der Waals surface area contributed by atoms with Crippen molar-refractivity contribution < 1.29 is 14.0 Å². The molecule has 1 aliphatic heterocycles. The standard InChI is InChI=1S/C21H24FN3O2S/c1-28-15-16-2-4-17(5-3-16)21(27)25-12-10-24(11-13-25)14-20(26)23-19-8-6-18(22)7-9-19/h2-9H,10-15H2,1H3,(H,23,26). The van der Waals surface area contributed by atoms with Crippen LogP contribution in [0.25, 0.3) is 0 Å². The second kappa shape index (κ2) is 9.71. The van der Waals surface area contributed by atoms with Crippen LogP contribution in [-0.4, -0.2) is 60.6 Å². The molecule has 1 heterocycles. The second-order valence-electron chi connectivity index (χ2n) is 6.75. The lowest BCUT2D eigenvalue weighted by Crippen LogP contribution is -2.50. The Morgan fingerprint density at radius 2 is 1.64 bits per heavy atom. The first-order chi connectivity index (χ1) is 13.5. The molecule has 0 unspecified atom stereocenters. The molecule has 5 nitrogen and oxygen atoms in total. The van der Waals surface area contributed by atoms with Crippen LogP contribution in [0.3, 0.4) is 0 Å².